The molecule has 3 aromatic heterocycles. The number of rotatable bonds is 6. The Morgan fingerprint density at radius 2 is 1.82 bits per heavy atom. The van der Waals surface area contributed by atoms with Gasteiger partial charge in [-0.1, -0.05) is 6.07 Å². The van der Waals surface area contributed by atoms with Crippen molar-refractivity contribution in [1.29, 1.82) is 0 Å². The van der Waals surface area contributed by atoms with Crippen molar-refractivity contribution in [3.05, 3.63) is 41.9 Å². The van der Waals surface area contributed by atoms with Gasteiger partial charge in [0.05, 0.1) is 25.0 Å². The highest BCUT2D eigenvalue weighted by Gasteiger charge is 2.20. The first kappa shape index (κ1) is 22.9. The van der Waals surface area contributed by atoms with E-state index in [1.165, 1.54) is 5.56 Å². The molecule has 0 radical (unpaired) electrons. The standard InChI is InChI=1S/C24H32N8O2/c1-17(33)20-13-19-15-26-24(29-22(19)23(27-20)32-9-11-34-12-10-32)28-21-4-3-18(14-25-21)16-31-7-5-30(2)6-8-31/h3-4,13-15,17,33H,5-12,16H2,1-2H3,(H,25,26,28,29). The lowest BCUT2D eigenvalue weighted by Gasteiger charge is -2.32. The van der Waals surface area contributed by atoms with Crippen LogP contribution in [0.3, 0.4) is 0 Å². The van der Waals surface area contributed by atoms with Gasteiger partial charge in [-0.25, -0.2) is 19.9 Å². The van der Waals surface area contributed by atoms with E-state index in [-0.39, 0.29) is 0 Å². The van der Waals surface area contributed by atoms with Gasteiger partial charge in [-0.05, 0) is 31.7 Å². The van der Waals surface area contributed by atoms with Crippen LogP contribution < -0.4 is 10.2 Å². The Bertz CT molecular complexity index is 1110. The number of ether oxygens (including phenoxy) is 1. The van der Waals surface area contributed by atoms with Crippen molar-refractivity contribution in [2.45, 2.75) is 19.6 Å². The molecule has 10 nitrogen and oxygen atoms in total. The molecule has 2 saturated heterocycles. The third kappa shape index (κ3) is 5.25. The van der Waals surface area contributed by atoms with Gasteiger partial charge in [0.25, 0.3) is 0 Å². The number of aliphatic hydroxyl groups is 1. The Balaban J connectivity index is 1.35. The zero-order chi connectivity index (χ0) is 23.5. The number of aliphatic hydroxyl groups excluding tert-OH is 1. The van der Waals surface area contributed by atoms with E-state index in [1.807, 2.05) is 18.3 Å². The summed E-state index contributed by atoms with van der Waals surface area (Å²) in [7, 11) is 2.17. The molecule has 3 aromatic rings. The first-order valence-electron chi connectivity index (χ1n) is 11.9. The second-order valence-corrected chi connectivity index (χ2v) is 9.03. The summed E-state index contributed by atoms with van der Waals surface area (Å²) in [5.41, 5.74) is 2.55. The largest absolute Gasteiger partial charge is 0.387 e. The highest BCUT2D eigenvalue weighted by Crippen LogP contribution is 2.28. The Hall–Kier alpha value is -2.92. The molecule has 2 aliphatic heterocycles. The number of likely N-dealkylation sites (N-methyl/N-ethyl adjacent to an activating group) is 1. The Kier molecular flexibility index (Phi) is 6.82. The molecule has 0 bridgehead atoms. The smallest absolute Gasteiger partial charge is 0.229 e. The van der Waals surface area contributed by atoms with E-state index in [9.17, 15) is 5.11 Å². The quantitative estimate of drug-likeness (QED) is 0.561. The third-order valence-electron chi connectivity index (χ3n) is 6.37. The van der Waals surface area contributed by atoms with Gasteiger partial charge < -0.3 is 25.0 Å². The number of pyridine rings is 2. The van der Waals surface area contributed by atoms with Crippen molar-refractivity contribution in [3.63, 3.8) is 0 Å². The van der Waals surface area contributed by atoms with E-state index in [4.69, 9.17) is 14.7 Å². The maximum atomic E-state index is 10.1. The summed E-state index contributed by atoms with van der Waals surface area (Å²) >= 11 is 0. The number of morpholine rings is 1. The van der Waals surface area contributed by atoms with E-state index < -0.39 is 6.10 Å². The van der Waals surface area contributed by atoms with Gasteiger partial charge in [-0.2, -0.15) is 0 Å². The van der Waals surface area contributed by atoms with Crippen molar-refractivity contribution >= 4 is 28.5 Å². The number of anilines is 3. The molecule has 10 heteroatoms. The Labute approximate surface area is 199 Å². The van der Waals surface area contributed by atoms with Crippen molar-refractivity contribution in [2.75, 3.05) is 69.7 Å². The minimum Gasteiger partial charge on any atom is -0.387 e. The van der Waals surface area contributed by atoms with Crippen LogP contribution >= 0.6 is 0 Å². The number of nitrogens with one attached hydrogen (secondary N) is 1. The van der Waals surface area contributed by atoms with Crippen LogP contribution in [0.25, 0.3) is 10.9 Å². The van der Waals surface area contributed by atoms with Crippen LogP contribution in [0, 0.1) is 0 Å². The van der Waals surface area contributed by atoms with Crippen LogP contribution in [-0.2, 0) is 11.3 Å². The van der Waals surface area contributed by atoms with Crippen LogP contribution in [0.5, 0.6) is 0 Å². The first-order chi connectivity index (χ1) is 16.5. The minimum atomic E-state index is -0.671. The number of piperazine rings is 1. The molecule has 0 aliphatic carbocycles. The minimum absolute atomic E-state index is 0.466. The van der Waals surface area contributed by atoms with Gasteiger partial charge in [0.15, 0.2) is 5.82 Å². The van der Waals surface area contributed by atoms with Crippen molar-refractivity contribution in [3.8, 4) is 0 Å². The van der Waals surface area contributed by atoms with E-state index in [1.54, 1.807) is 13.1 Å². The first-order valence-corrected chi connectivity index (χ1v) is 11.9. The molecular weight excluding hydrogens is 432 g/mol. The molecule has 0 amide bonds. The van der Waals surface area contributed by atoms with Gasteiger partial charge in [0.2, 0.25) is 5.95 Å². The van der Waals surface area contributed by atoms with Crippen LogP contribution in [0.15, 0.2) is 30.6 Å². The Morgan fingerprint density at radius 3 is 2.53 bits per heavy atom. The molecule has 1 unspecified atom stereocenters. The lowest BCUT2D eigenvalue weighted by Crippen LogP contribution is -2.43. The predicted octanol–water partition coefficient (Wildman–Crippen LogP) is 1.80. The molecule has 0 spiro atoms. The zero-order valence-electron chi connectivity index (χ0n) is 19.8. The van der Waals surface area contributed by atoms with Gasteiger partial charge in [0.1, 0.15) is 11.3 Å². The predicted molar refractivity (Wildman–Crippen MR) is 131 cm³/mol. The van der Waals surface area contributed by atoms with Gasteiger partial charge in [-0.3, -0.25) is 4.90 Å². The number of nitrogens with zero attached hydrogens (tertiary/aromatic N) is 7. The molecule has 180 valence electrons. The highest BCUT2D eigenvalue weighted by molar-refractivity contribution is 5.89. The summed E-state index contributed by atoms with van der Waals surface area (Å²) in [6.45, 7) is 9.74. The van der Waals surface area contributed by atoms with Crippen molar-refractivity contribution < 1.29 is 9.84 Å². The van der Waals surface area contributed by atoms with Crippen LogP contribution in [0.4, 0.5) is 17.6 Å². The summed E-state index contributed by atoms with van der Waals surface area (Å²) in [6.07, 6.45) is 3.01. The molecular formula is C24H32N8O2. The monoisotopic (exact) mass is 464 g/mol. The summed E-state index contributed by atoms with van der Waals surface area (Å²) in [5.74, 6) is 1.91. The van der Waals surface area contributed by atoms with Crippen LogP contribution in [0.2, 0.25) is 0 Å². The zero-order valence-corrected chi connectivity index (χ0v) is 19.8. The average Bonchev–Trinajstić information content (AvgIpc) is 2.86. The molecule has 5 rings (SSSR count). The lowest BCUT2D eigenvalue weighted by atomic mass is 10.2. The fourth-order valence-corrected chi connectivity index (χ4v) is 4.28. The number of hydrogen-bond acceptors (Lipinski definition) is 10. The SMILES string of the molecule is CC(O)c1cc2cnc(Nc3ccc(CN4CCN(C)CC4)cn3)nc2c(N2CCOCC2)n1. The molecule has 0 aromatic carbocycles. The maximum Gasteiger partial charge on any atom is 0.229 e. The third-order valence-corrected chi connectivity index (χ3v) is 6.37. The number of aromatic nitrogens is 4. The van der Waals surface area contributed by atoms with Gasteiger partial charge >= 0.3 is 0 Å². The molecule has 2 fully saturated rings. The molecule has 34 heavy (non-hydrogen) atoms. The molecule has 0 saturated carbocycles. The summed E-state index contributed by atoms with van der Waals surface area (Å²) in [4.78, 5) is 25.5. The fourth-order valence-electron chi connectivity index (χ4n) is 4.28. The van der Waals surface area contributed by atoms with Crippen molar-refractivity contribution in [2.24, 2.45) is 0 Å². The van der Waals surface area contributed by atoms with Crippen LogP contribution in [-0.4, -0.2) is 94.4 Å². The number of hydrogen-bond donors (Lipinski definition) is 2. The number of fused-ring (bicyclic) bond motifs is 1. The summed E-state index contributed by atoms with van der Waals surface area (Å²) in [5, 5.41) is 14.2. The second kappa shape index (κ2) is 10.1. The molecule has 2 aliphatic rings. The van der Waals surface area contributed by atoms with Crippen molar-refractivity contribution in [1.82, 2.24) is 29.7 Å². The van der Waals surface area contributed by atoms with E-state index in [2.05, 4.69) is 43.1 Å². The van der Waals surface area contributed by atoms with E-state index >= 15 is 0 Å². The van der Waals surface area contributed by atoms with Gasteiger partial charge in [-0.15, -0.1) is 0 Å². The Morgan fingerprint density at radius 1 is 1.03 bits per heavy atom. The molecule has 5 heterocycles. The lowest BCUT2D eigenvalue weighted by molar-refractivity contribution is 0.122. The summed E-state index contributed by atoms with van der Waals surface area (Å²) in [6, 6.07) is 5.92. The van der Waals surface area contributed by atoms with E-state index in [0.717, 1.165) is 62.5 Å². The fraction of sp³-hybridized carbons (Fsp3) is 0.500. The maximum absolute atomic E-state index is 10.1. The average molecular weight is 465 g/mol. The second-order valence-electron chi connectivity index (χ2n) is 9.03. The summed E-state index contributed by atoms with van der Waals surface area (Å²) < 4.78 is 5.50. The highest BCUT2D eigenvalue weighted by atomic mass is 16.5. The van der Waals surface area contributed by atoms with E-state index in [0.29, 0.717) is 30.7 Å². The topological polar surface area (TPSA) is 103 Å². The molecule has 1 atom stereocenters. The normalized spacial score (nSPS) is 18.9. The van der Waals surface area contributed by atoms with Crippen LogP contribution in [0.1, 0.15) is 24.3 Å². The molecule has 2 N–H and O–H groups in total. The van der Waals surface area contributed by atoms with Gasteiger partial charge in [0, 0.05) is 63.6 Å².